The first-order chi connectivity index (χ1) is 9.72. The van der Waals surface area contributed by atoms with Crippen LogP contribution in [0.1, 0.15) is 29.6 Å². The Balaban J connectivity index is 0.00000220. The summed E-state index contributed by atoms with van der Waals surface area (Å²) >= 11 is 0. The molecule has 0 spiro atoms. The Labute approximate surface area is 131 Å². The topological polar surface area (TPSA) is 61.4 Å². The number of hydrogen-bond acceptors (Lipinski definition) is 3. The Morgan fingerprint density at radius 2 is 1.86 bits per heavy atom. The third kappa shape index (κ3) is 4.72. The molecule has 1 heterocycles. The molecule has 1 aliphatic rings. The van der Waals surface area contributed by atoms with Gasteiger partial charge in [0.1, 0.15) is 0 Å². The van der Waals surface area contributed by atoms with Crippen molar-refractivity contribution in [3.8, 4) is 0 Å². The van der Waals surface area contributed by atoms with Crippen molar-refractivity contribution in [2.24, 2.45) is 0 Å². The molecule has 2 N–H and O–H groups in total. The zero-order chi connectivity index (χ0) is 14.4. The van der Waals surface area contributed by atoms with Gasteiger partial charge in [0.2, 0.25) is 5.91 Å². The van der Waals surface area contributed by atoms with Gasteiger partial charge in [0.25, 0.3) is 5.91 Å². The lowest BCUT2D eigenvalue weighted by Crippen LogP contribution is -2.29. The van der Waals surface area contributed by atoms with Crippen LogP contribution in [0.3, 0.4) is 0 Å². The lowest BCUT2D eigenvalue weighted by molar-refractivity contribution is -0.116. The molecule has 116 valence electrons. The summed E-state index contributed by atoms with van der Waals surface area (Å²) in [6, 6.07) is 7.20. The molecule has 21 heavy (non-hydrogen) atoms. The van der Waals surface area contributed by atoms with Gasteiger partial charge in [-0.15, -0.1) is 12.4 Å². The molecule has 5 nitrogen and oxygen atoms in total. The molecule has 2 amide bonds. The molecule has 0 atom stereocenters. The summed E-state index contributed by atoms with van der Waals surface area (Å²) in [7, 11) is 1.80. The van der Waals surface area contributed by atoms with E-state index in [0.717, 1.165) is 25.9 Å². The summed E-state index contributed by atoms with van der Waals surface area (Å²) in [4.78, 5) is 26.1. The number of hydrogen-bond donors (Lipinski definition) is 2. The van der Waals surface area contributed by atoms with E-state index in [4.69, 9.17) is 0 Å². The van der Waals surface area contributed by atoms with Gasteiger partial charge in [-0.1, -0.05) is 12.1 Å². The number of carbonyl (C=O) groups excluding carboxylic acids is 2. The molecule has 2 rings (SSSR count). The molecule has 0 bridgehead atoms. The van der Waals surface area contributed by atoms with Crippen LogP contribution in [0.15, 0.2) is 24.3 Å². The Kier molecular flexibility index (Phi) is 7.19. The highest BCUT2D eigenvalue weighted by molar-refractivity contribution is 6.03. The van der Waals surface area contributed by atoms with E-state index < -0.39 is 0 Å². The Hall–Kier alpha value is -1.59. The van der Waals surface area contributed by atoms with Crippen LogP contribution in [0.4, 0.5) is 5.69 Å². The van der Waals surface area contributed by atoms with Gasteiger partial charge < -0.3 is 15.5 Å². The van der Waals surface area contributed by atoms with Gasteiger partial charge in [-0.05, 0) is 32.0 Å². The first-order valence-electron chi connectivity index (χ1n) is 7.05. The van der Waals surface area contributed by atoms with E-state index in [0.29, 0.717) is 24.2 Å². The molecule has 1 saturated heterocycles. The van der Waals surface area contributed by atoms with E-state index in [1.54, 1.807) is 19.2 Å². The fourth-order valence-electron chi connectivity index (χ4n) is 2.32. The molecule has 1 aromatic rings. The number of benzene rings is 1. The summed E-state index contributed by atoms with van der Waals surface area (Å²) in [5.41, 5.74) is 1.18. The molecule has 6 heteroatoms. The highest BCUT2D eigenvalue weighted by atomic mass is 35.5. The minimum absolute atomic E-state index is 0. The van der Waals surface area contributed by atoms with E-state index in [1.807, 2.05) is 17.0 Å². The van der Waals surface area contributed by atoms with Gasteiger partial charge in [-0.25, -0.2) is 0 Å². The largest absolute Gasteiger partial charge is 0.339 e. The number of nitrogens with zero attached hydrogens (tertiary/aromatic N) is 1. The summed E-state index contributed by atoms with van der Waals surface area (Å²) in [6.07, 6.45) is 2.51. The quantitative estimate of drug-likeness (QED) is 0.873. The Bertz CT molecular complexity index is 488. The van der Waals surface area contributed by atoms with Crippen LogP contribution in [0.5, 0.6) is 0 Å². The highest BCUT2D eigenvalue weighted by Gasteiger charge is 2.22. The normalized spacial score (nSPS) is 13.7. The van der Waals surface area contributed by atoms with Crippen molar-refractivity contribution in [2.75, 3.05) is 32.0 Å². The fourth-order valence-corrected chi connectivity index (χ4v) is 2.32. The highest BCUT2D eigenvalue weighted by Crippen LogP contribution is 2.20. The van der Waals surface area contributed by atoms with E-state index in [1.165, 1.54) is 0 Å². The first-order valence-corrected chi connectivity index (χ1v) is 7.05. The predicted octanol–water partition coefficient (Wildman–Crippen LogP) is 1.89. The smallest absolute Gasteiger partial charge is 0.255 e. The van der Waals surface area contributed by atoms with Crippen LogP contribution in [0, 0.1) is 0 Å². The summed E-state index contributed by atoms with van der Waals surface area (Å²) in [5, 5.41) is 5.75. The number of halogens is 1. The molecule has 1 fully saturated rings. The third-order valence-electron chi connectivity index (χ3n) is 3.43. The van der Waals surface area contributed by atoms with Gasteiger partial charge in [0.05, 0.1) is 11.3 Å². The number of likely N-dealkylation sites (tertiary alicyclic amines) is 1. The van der Waals surface area contributed by atoms with E-state index in [9.17, 15) is 9.59 Å². The molecule has 0 aliphatic carbocycles. The number of carbonyl (C=O) groups is 2. The lowest BCUT2D eigenvalue weighted by Gasteiger charge is -2.18. The molecule has 1 aliphatic heterocycles. The summed E-state index contributed by atoms with van der Waals surface area (Å²) in [5.74, 6) is -0.0759. The van der Waals surface area contributed by atoms with Crippen molar-refractivity contribution in [1.29, 1.82) is 0 Å². The first kappa shape index (κ1) is 17.5. The molecular formula is C15H22ClN3O2. The van der Waals surface area contributed by atoms with Crippen molar-refractivity contribution >= 4 is 29.9 Å². The van der Waals surface area contributed by atoms with E-state index in [-0.39, 0.29) is 24.2 Å². The number of para-hydroxylation sites is 1. The zero-order valence-corrected chi connectivity index (χ0v) is 13.0. The zero-order valence-electron chi connectivity index (χ0n) is 12.2. The minimum atomic E-state index is -0.0824. The maximum absolute atomic E-state index is 12.4. The van der Waals surface area contributed by atoms with Crippen LogP contribution in [-0.2, 0) is 4.79 Å². The lowest BCUT2D eigenvalue weighted by atomic mass is 10.1. The number of rotatable bonds is 5. The predicted molar refractivity (Wildman–Crippen MR) is 86.0 cm³/mol. The van der Waals surface area contributed by atoms with Crippen molar-refractivity contribution in [3.63, 3.8) is 0 Å². The van der Waals surface area contributed by atoms with Crippen molar-refractivity contribution in [1.82, 2.24) is 10.2 Å². The van der Waals surface area contributed by atoms with Crippen molar-refractivity contribution in [2.45, 2.75) is 19.3 Å². The third-order valence-corrected chi connectivity index (χ3v) is 3.43. The van der Waals surface area contributed by atoms with Crippen LogP contribution in [0.2, 0.25) is 0 Å². The average molecular weight is 312 g/mol. The number of anilines is 1. The van der Waals surface area contributed by atoms with Gasteiger partial charge in [0.15, 0.2) is 0 Å². The van der Waals surface area contributed by atoms with Crippen LogP contribution < -0.4 is 10.6 Å². The molecule has 0 saturated carbocycles. The van der Waals surface area contributed by atoms with Crippen LogP contribution in [-0.4, -0.2) is 43.4 Å². The Morgan fingerprint density at radius 1 is 1.19 bits per heavy atom. The maximum Gasteiger partial charge on any atom is 0.255 e. The molecule has 0 radical (unpaired) electrons. The van der Waals surface area contributed by atoms with E-state index in [2.05, 4.69) is 10.6 Å². The SMILES string of the molecule is CNCCC(=O)Nc1ccccc1C(=O)N1CCCC1.Cl. The second-order valence-corrected chi connectivity index (χ2v) is 4.95. The van der Waals surface area contributed by atoms with E-state index >= 15 is 0 Å². The standard InChI is InChI=1S/C15H21N3O2.ClH/c1-16-9-8-14(19)17-13-7-3-2-6-12(13)15(20)18-10-4-5-11-18;/h2-3,6-7,16H,4-5,8-11H2,1H3,(H,17,19);1H. The second kappa shape index (κ2) is 8.64. The Morgan fingerprint density at radius 3 is 2.52 bits per heavy atom. The molecule has 0 aromatic heterocycles. The fraction of sp³-hybridized carbons (Fsp3) is 0.467. The summed E-state index contributed by atoms with van der Waals surface area (Å²) < 4.78 is 0. The minimum Gasteiger partial charge on any atom is -0.339 e. The average Bonchev–Trinajstić information content (AvgIpc) is 2.99. The van der Waals surface area contributed by atoms with Gasteiger partial charge in [-0.3, -0.25) is 9.59 Å². The number of nitrogens with one attached hydrogen (secondary N) is 2. The van der Waals surface area contributed by atoms with Crippen molar-refractivity contribution in [3.05, 3.63) is 29.8 Å². The molecule has 1 aromatic carbocycles. The van der Waals surface area contributed by atoms with Gasteiger partial charge in [-0.2, -0.15) is 0 Å². The maximum atomic E-state index is 12.4. The second-order valence-electron chi connectivity index (χ2n) is 4.95. The van der Waals surface area contributed by atoms with Crippen LogP contribution in [0.25, 0.3) is 0 Å². The molecule has 0 unspecified atom stereocenters. The molecular weight excluding hydrogens is 290 g/mol. The van der Waals surface area contributed by atoms with Crippen LogP contribution >= 0.6 is 12.4 Å². The van der Waals surface area contributed by atoms with Crippen molar-refractivity contribution < 1.29 is 9.59 Å². The summed E-state index contributed by atoms with van der Waals surface area (Å²) in [6.45, 7) is 2.23. The van der Waals surface area contributed by atoms with Gasteiger partial charge >= 0.3 is 0 Å². The monoisotopic (exact) mass is 311 g/mol. The van der Waals surface area contributed by atoms with Gasteiger partial charge in [0, 0.05) is 26.1 Å². The number of amides is 2.